The van der Waals surface area contributed by atoms with Crippen LogP contribution >= 0.6 is 0 Å². The first kappa shape index (κ1) is 21.2. The van der Waals surface area contributed by atoms with Crippen molar-refractivity contribution in [2.24, 2.45) is 5.41 Å². The van der Waals surface area contributed by atoms with Gasteiger partial charge in [-0.25, -0.2) is 4.79 Å². The molecule has 0 aliphatic carbocycles. The van der Waals surface area contributed by atoms with Crippen LogP contribution in [0.15, 0.2) is 0 Å². The molecule has 2 heterocycles. The van der Waals surface area contributed by atoms with Crippen molar-refractivity contribution in [3.05, 3.63) is 0 Å². The van der Waals surface area contributed by atoms with Gasteiger partial charge in [-0.15, -0.1) is 0 Å². The minimum Gasteiger partial charge on any atom is -0.444 e. The minimum absolute atomic E-state index is 0.00877. The van der Waals surface area contributed by atoms with Crippen LogP contribution in [0.5, 0.6) is 0 Å². The van der Waals surface area contributed by atoms with E-state index < -0.39 is 19.3 Å². The second-order valence-electron chi connectivity index (χ2n) is 10.2. The number of amides is 2. The first-order valence-corrected chi connectivity index (χ1v) is 12.5. The summed E-state index contributed by atoms with van der Waals surface area (Å²) in [6.07, 6.45) is 0.991. The molecule has 0 aromatic carbocycles. The number of ether oxygens (including phenoxy) is 1. The van der Waals surface area contributed by atoms with Gasteiger partial charge in [0.1, 0.15) is 5.60 Å². The van der Waals surface area contributed by atoms with Gasteiger partial charge in [-0.05, 0) is 51.7 Å². The van der Waals surface area contributed by atoms with Crippen LogP contribution in [0.25, 0.3) is 0 Å². The van der Waals surface area contributed by atoms with Gasteiger partial charge in [-0.3, -0.25) is 4.79 Å². The van der Waals surface area contributed by atoms with E-state index in [1.807, 2.05) is 20.8 Å². The predicted molar refractivity (Wildman–Crippen MR) is 105 cm³/mol. The van der Waals surface area contributed by atoms with Crippen molar-refractivity contribution < 1.29 is 18.8 Å². The lowest BCUT2D eigenvalue weighted by atomic mass is 9.77. The van der Waals surface area contributed by atoms with Gasteiger partial charge in [-0.2, -0.15) is 0 Å². The van der Waals surface area contributed by atoms with E-state index in [0.717, 1.165) is 12.8 Å². The summed E-state index contributed by atoms with van der Waals surface area (Å²) >= 11 is 0. The molecule has 0 aromatic heterocycles. The summed E-state index contributed by atoms with van der Waals surface area (Å²) in [4.78, 5) is 27.0. The highest BCUT2D eigenvalue weighted by Crippen LogP contribution is 2.44. The number of nitrogens with one attached hydrogen (secondary N) is 1. The Hall–Kier alpha value is -1.08. The van der Waals surface area contributed by atoms with E-state index in [1.54, 1.807) is 4.90 Å². The largest absolute Gasteiger partial charge is 0.444 e. The van der Waals surface area contributed by atoms with Crippen molar-refractivity contribution in [3.63, 3.8) is 0 Å². The van der Waals surface area contributed by atoms with Gasteiger partial charge in [0.25, 0.3) is 0 Å². The van der Waals surface area contributed by atoms with Crippen molar-refractivity contribution in [3.8, 4) is 0 Å². The van der Waals surface area contributed by atoms with Crippen molar-refractivity contribution >= 4 is 20.3 Å². The van der Waals surface area contributed by atoms with E-state index in [4.69, 9.17) is 9.16 Å². The molecule has 26 heavy (non-hydrogen) atoms. The van der Waals surface area contributed by atoms with E-state index in [1.165, 1.54) is 0 Å². The number of hydrogen-bond donors (Lipinski definition) is 1. The van der Waals surface area contributed by atoms with Crippen LogP contribution in [0.3, 0.4) is 0 Å². The second-order valence-corrected chi connectivity index (χ2v) is 15.0. The van der Waals surface area contributed by atoms with Crippen LogP contribution in [0.4, 0.5) is 4.79 Å². The van der Waals surface area contributed by atoms with Gasteiger partial charge in [0.2, 0.25) is 5.91 Å². The Labute approximate surface area is 159 Å². The molecule has 0 saturated carbocycles. The van der Waals surface area contributed by atoms with Crippen molar-refractivity contribution in [2.75, 3.05) is 19.6 Å². The van der Waals surface area contributed by atoms with Gasteiger partial charge >= 0.3 is 6.09 Å². The van der Waals surface area contributed by atoms with Crippen LogP contribution in [-0.2, 0) is 14.0 Å². The Bertz CT molecular complexity index is 565. The summed E-state index contributed by atoms with van der Waals surface area (Å²) in [5, 5.41) is 3.06. The van der Waals surface area contributed by atoms with Crippen LogP contribution in [0, 0.1) is 5.41 Å². The summed E-state index contributed by atoms with van der Waals surface area (Å²) in [6.45, 7) is 18.1. The number of rotatable bonds is 2. The van der Waals surface area contributed by atoms with Crippen LogP contribution in [-0.4, -0.2) is 56.6 Å². The summed E-state index contributed by atoms with van der Waals surface area (Å²) in [5.74, 6) is 0.00877. The van der Waals surface area contributed by atoms with E-state index in [2.05, 4.69) is 39.2 Å². The monoisotopic (exact) mass is 384 g/mol. The maximum atomic E-state index is 12.8. The molecule has 2 atom stereocenters. The highest BCUT2D eigenvalue weighted by molar-refractivity contribution is 6.74. The van der Waals surface area contributed by atoms with E-state index in [9.17, 15) is 9.59 Å². The van der Waals surface area contributed by atoms with Crippen LogP contribution < -0.4 is 5.32 Å². The van der Waals surface area contributed by atoms with Crippen LogP contribution in [0.1, 0.15) is 54.4 Å². The Morgan fingerprint density at radius 3 is 2.38 bits per heavy atom. The summed E-state index contributed by atoms with van der Waals surface area (Å²) in [5.41, 5.74) is -1.21. The summed E-state index contributed by atoms with van der Waals surface area (Å²) in [6, 6.07) is 0. The van der Waals surface area contributed by atoms with E-state index >= 15 is 0 Å². The third-order valence-corrected chi connectivity index (χ3v) is 10.4. The molecule has 2 aliphatic heterocycles. The smallest absolute Gasteiger partial charge is 0.410 e. The Morgan fingerprint density at radius 1 is 1.23 bits per heavy atom. The predicted octanol–water partition coefficient (Wildman–Crippen LogP) is 3.52. The molecule has 7 heteroatoms. The molecule has 2 saturated heterocycles. The van der Waals surface area contributed by atoms with Gasteiger partial charge < -0.3 is 19.4 Å². The molecule has 0 radical (unpaired) electrons. The molecule has 1 spiro atoms. The standard InChI is InChI=1S/C19H36N2O4Si/c1-17(2,3)24-16(23)21-11-9-10-19(13-21)14(12-20-15(19)22)25-26(7,8)18(4,5)6/h14H,9-13H2,1-8H3,(H,20,22). The van der Waals surface area contributed by atoms with E-state index in [-0.39, 0.29) is 23.1 Å². The van der Waals surface area contributed by atoms with Crippen LogP contribution in [0.2, 0.25) is 18.1 Å². The minimum atomic E-state index is -2.02. The first-order chi connectivity index (χ1) is 11.7. The molecule has 2 aliphatic rings. The number of carbonyl (C=O) groups is 2. The zero-order valence-electron chi connectivity index (χ0n) is 17.7. The van der Waals surface area contributed by atoms with Gasteiger partial charge in [-0.1, -0.05) is 20.8 Å². The molecule has 2 rings (SSSR count). The fourth-order valence-electron chi connectivity index (χ4n) is 3.40. The fourth-order valence-corrected chi connectivity index (χ4v) is 4.78. The van der Waals surface area contributed by atoms with Crippen molar-refractivity contribution in [1.82, 2.24) is 10.2 Å². The molecule has 150 valence electrons. The topological polar surface area (TPSA) is 67.9 Å². The molecular formula is C19H36N2O4Si. The molecule has 2 unspecified atom stereocenters. The lowest BCUT2D eigenvalue weighted by Gasteiger charge is -2.46. The quantitative estimate of drug-likeness (QED) is 0.740. The highest BCUT2D eigenvalue weighted by atomic mass is 28.4. The molecule has 6 nitrogen and oxygen atoms in total. The third kappa shape index (κ3) is 4.25. The highest BCUT2D eigenvalue weighted by Gasteiger charge is 2.56. The first-order valence-electron chi connectivity index (χ1n) is 9.62. The van der Waals surface area contributed by atoms with Gasteiger partial charge in [0, 0.05) is 19.6 Å². The Balaban J connectivity index is 2.21. The lowest BCUT2D eigenvalue weighted by Crippen LogP contribution is -2.57. The molecule has 0 bridgehead atoms. The zero-order valence-corrected chi connectivity index (χ0v) is 18.7. The second kappa shape index (κ2) is 6.82. The number of piperidine rings is 1. The molecule has 0 aromatic rings. The third-order valence-electron chi connectivity index (χ3n) is 5.94. The SMILES string of the molecule is CC(C)(C)OC(=O)N1CCCC2(C1)C(=O)NCC2O[Si](C)(C)C(C)(C)C. The Kier molecular flexibility index (Phi) is 5.57. The van der Waals surface area contributed by atoms with Crippen molar-refractivity contribution in [2.45, 2.75) is 84.2 Å². The molecule has 1 N–H and O–H groups in total. The lowest BCUT2D eigenvalue weighted by molar-refractivity contribution is -0.134. The maximum Gasteiger partial charge on any atom is 0.410 e. The molecular weight excluding hydrogens is 348 g/mol. The molecule has 2 amide bonds. The summed E-state index contributed by atoms with van der Waals surface area (Å²) in [7, 11) is -2.02. The number of likely N-dealkylation sites (tertiary alicyclic amines) is 1. The normalized spacial score (nSPS) is 27.6. The number of nitrogens with zero attached hydrogens (tertiary/aromatic N) is 1. The summed E-state index contributed by atoms with van der Waals surface area (Å²) < 4.78 is 12.2. The average molecular weight is 385 g/mol. The number of carbonyl (C=O) groups excluding carboxylic acids is 2. The van der Waals surface area contributed by atoms with Crippen molar-refractivity contribution in [1.29, 1.82) is 0 Å². The van der Waals surface area contributed by atoms with Gasteiger partial charge in [0.15, 0.2) is 8.32 Å². The average Bonchev–Trinajstić information content (AvgIpc) is 2.73. The zero-order chi connectivity index (χ0) is 20.0. The van der Waals surface area contributed by atoms with E-state index in [0.29, 0.717) is 19.6 Å². The van der Waals surface area contributed by atoms with Gasteiger partial charge in [0.05, 0.1) is 11.5 Å². The Morgan fingerprint density at radius 2 is 1.85 bits per heavy atom. The maximum absolute atomic E-state index is 12.8. The molecule has 2 fully saturated rings. The number of hydrogen-bond acceptors (Lipinski definition) is 4. The fraction of sp³-hybridized carbons (Fsp3) is 0.895.